The van der Waals surface area contributed by atoms with E-state index in [1.54, 1.807) is 53.7 Å². The Morgan fingerprint density at radius 1 is 0.786 bits per heavy atom. The van der Waals surface area contributed by atoms with Gasteiger partial charge in [-0.25, -0.2) is 0 Å². The number of benzene rings is 1. The lowest BCUT2D eigenvalue weighted by Gasteiger charge is -2.26. The summed E-state index contributed by atoms with van der Waals surface area (Å²) in [5, 5.41) is 0. The van der Waals surface area contributed by atoms with Gasteiger partial charge in [0.2, 0.25) is 5.75 Å². The van der Waals surface area contributed by atoms with E-state index >= 15 is 0 Å². The average molecular weight is 396 g/mol. The van der Waals surface area contributed by atoms with Crippen molar-refractivity contribution in [2.45, 2.75) is 59.2 Å². The van der Waals surface area contributed by atoms with Crippen LogP contribution in [0, 0.1) is 5.92 Å². The van der Waals surface area contributed by atoms with Crippen LogP contribution in [0.3, 0.4) is 0 Å². The van der Waals surface area contributed by atoms with E-state index < -0.39 is 29.1 Å². The zero-order chi connectivity index (χ0) is 21.7. The molecule has 0 N–H and O–H groups in total. The van der Waals surface area contributed by atoms with Gasteiger partial charge in [-0.05, 0) is 65.7 Å². The highest BCUT2D eigenvalue weighted by molar-refractivity contribution is 5.95. The van der Waals surface area contributed by atoms with Crippen molar-refractivity contribution in [2.24, 2.45) is 5.92 Å². The zero-order valence-electron chi connectivity index (χ0n) is 18.3. The highest BCUT2D eigenvalue weighted by Crippen LogP contribution is 2.39. The molecule has 0 unspecified atom stereocenters. The molecule has 0 fully saturated rings. The van der Waals surface area contributed by atoms with Gasteiger partial charge in [0.05, 0.1) is 21.3 Å². The van der Waals surface area contributed by atoms with Gasteiger partial charge in [-0.15, -0.1) is 0 Å². The largest absolute Gasteiger partial charge is 0.493 e. The summed E-state index contributed by atoms with van der Waals surface area (Å²) in [7, 11) is 4.50. The topological polar surface area (TPSA) is 80.3 Å². The molecule has 0 atom stereocenters. The van der Waals surface area contributed by atoms with Crippen LogP contribution in [0.25, 0.3) is 0 Å². The quantitative estimate of drug-likeness (QED) is 0.515. The van der Waals surface area contributed by atoms with Crippen LogP contribution in [0.15, 0.2) is 12.1 Å². The number of hydrogen-bond donors (Lipinski definition) is 0. The second-order valence-electron chi connectivity index (χ2n) is 8.36. The molecule has 0 amide bonds. The molecule has 1 aromatic rings. The fourth-order valence-electron chi connectivity index (χ4n) is 2.50. The molecule has 0 spiro atoms. The normalized spacial score (nSPS) is 11.8. The summed E-state index contributed by atoms with van der Waals surface area (Å²) in [6.07, 6.45) is 0.0700. The van der Waals surface area contributed by atoms with Crippen molar-refractivity contribution in [2.75, 3.05) is 21.3 Å². The highest BCUT2D eigenvalue weighted by atomic mass is 16.6. The van der Waals surface area contributed by atoms with E-state index in [4.69, 9.17) is 23.7 Å². The van der Waals surface area contributed by atoms with Gasteiger partial charge in [-0.1, -0.05) is 0 Å². The van der Waals surface area contributed by atoms with E-state index in [1.165, 1.54) is 21.3 Å². The fourth-order valence-corrected chi connectivity index (χ4v) is 2.50. The third-order valence-corrected chi connectivity index (χ3v) is 3.55. The maximum atomic E-state index is 12.7. The van der Waals surface area contributed by atoms with Crippen molar-refractivity contribution in [3.8, 4) is 17.2 Å². The first-order valence-electron chi connectivity index (χ1n) is 9.06. The summed E-state index contributed by atoms with van der Waals surface area (Å²) in [5.74, 6) is -1.11. The second kappa shape index (κ2) is 9.17. The Hall–Kier alpha value is -2.44. The Morgan fingerprint density at radius 2 is 1.18 bits per heavy atom. The molecule has 0 saturated heterocycles. The summed E-state index contributed by atoms with van der Waals surface area (Å²) in [6.45, 7) is 10.5. The Morgan fingerprint density at radius 3 is 1.46 bits per heavy atom. The summed E-state index contributed by atoms with van der Waals surface area (Å²) in [4.78, 5) is 25.4. The monoisotopic (exact) mass is 396 g/mol. The number of rotatable bonds is 7. The first kappa shape index (κ1) is 23.6. The molecule has 158 valence electrons. The number of esters is 2. The standard InChI is InChI=1S/C21H32O7/c1-20(2,3)27-18(22)14(19(23)28-21(4,5)6)10-13-11-15(24-7)17(26-9)16(12-13)25-8/h11-12,14H,10H2,1-9H3. The molecule has 28 heavy (non-hydrogen) atoms. The van der Waals surface area contributed by atoms with E-state index in [1.807, 2.05) is 0 Å². The van der Waals surface area contributed by atoms with Crippen molar-refractivity contribution in [1.29, 1.82) is 0 Å². The molecule has 0 radical (unpaired) electrons. The molecule has 7 nitrogen and oxygen atoms in total. The minimum Gasteiger partial charge on any atom is -0.493 e. The SMILES string of the molecule is COc1cc(CC(C(=O)OC(C)(C)C)C(=O)OC(C)(C)C)cc(OC)c1OC. The van der Waals surface area contributed by atoms with Gasteiger partial charge in [-0.3, -0.25) is 9.59 Å². The summed E-state index contributed by atoms with van der Waals surface area (Å²) in [5.41, 5.74) is -0.810. The van der Waals surface area contributed by atoms with Gasteiger partial charge in [-0.2, -0.15) is 0 Å². The molecule has 1 rings (SSSR count). The van der Waals surface area contributed by atoms with Crippen LogP contribution in [0.5, 0.6) is 17.2 Å². The fraction of sp³-hybridized carbons (Fsp3) is 0.619. The molecule has 0 heterocycles. The Bertz CT molecular complexity index is 643. The van der Waals surface area contributed by atoms with Crippen LogP contribution in [-0.2, 0) is 25.5 Å². The van der Waals surface area contributed by atoms with Gasteiger partial charge < -0.3 is 23.7 Å². The number of carbonyl (C=O) groups excluding carboxylic acids is 2. The predicted octanol–water partition coefficient (Wildman–Crippen LogP) is 3.55. The number of carbonyl (C=O) groups is 2. The van der Waals surface area contributed by atoms with Crippen molar-refractivity contribution in [1.82, 2.24) is 0 Å². The van der Waals surface area contributed by atoms with Crippen molar-refractivity contribution in [3.05, 3.63) is 17.7 Å². The number of ether oxygens (including phenoxy) is 5. The first-order chi connectivity index (χ1) is 12.8. The lowest BCUT2D eigenvalue weighted by molar-refractivity contribution is -0.174. The summed E-state index contributed by atoms with van der Waals surface area (Å²) in [6, 6.07) is 3.40. The summed E-state index contributed by atoms with van der Waals surface area (Å²) < 4.78 is 26.9. The lowest BCUT2D eigenvalue weighted by Crippen LogP contribution is -2.38. The molecule has 7 heteroatoms. The lowest BCUT2D eigenvalue weighted by atomic mass is 9.97. The van der Waals surface area contributed by atoms with E-state index in [0.29, 0.717) is 22.8 Å². The van der Waals surface area contributed by atoms with Gasteiger partial charge >= 0.3 is 11.9 Å². The van der Waals surface area contributed by atoms with Crippen LogP contribution in [0.4, 0.5) is 0 Å². The summed E-state index contributed by atoms with van der Waals surface area (Å²) >= 11 is 0. The maximum Gasteiger partial charge on any atom is 0.321 e. The van der Waals surface area contributed by atoms with E-state index in [9.17, 15) is 9.59 Å². The molecule has 0 bridgehead atoms. The van der Waals surface area contributed by atoms with Crippen LogP contribution in [0.2, 0.25) is 0 Å². The average Bonchev–Trinajstić information content (AvgIpc) is 2.55. The maximum absolute atomic E-state index is 12.7. The molecule has 1 aromatic carbocycles. The van der Waals surface area contributed by atoms with Crippen LogP contribution >= 0.6 is 0 Å². The molecule has 0 saturated carbocycles. The van der Waals surface area contributed by atoms with Crippen LogP contribution < -0.4 is 14.2 Å². The minimum atomic E-state index is -1.12. The van der Waals surface area contributed by atoms with Gasteiger partial charge in [0.15, 0.2) is 17.4 Å². The molecule has 0 aliphatic heterocycles. The van der Waals surface area contributed by atoms with Crippen LogP contribution in [-0.4, -0.2) is 44.5 Å². The third kappa shape index (κ3) is 6.94. The van der Waals surface area contributed by atoms with E-state index in [-0.39, 0.29) is 6.42 Å². The first-order valence-corrected chi connectivity index (χ1v) is 9.06. The van der Waals surface area contributed by atoms with Crippen molar-refractivity contribution < 1.29 is 33.3 Å². The van der Waals surface area contributed by atoms with Gasteiger partial charge in [0.25, 0.3) is 0 Å². The number of methoxy groups -OCH3 is 3. The molecule has 0 aromatic heterocycles. The third-order valence-electron chi connectivity index (χ3n) is 3.55. The molecule has 0 aliphatic rings. The Balaban J connectivity index is 3.28. The second-order valence-corrected chi connectivity index (χ2v) is 8.36. The molecular formula is C21H32O7. The van der Waals surface area contributed by atoms with Crippen molar-refractivity contribution in [3.63, 3.8) is 0 Å². The van der Waals surface area contributed by atoms with Gasteiger partial charge in [0, 0.05) is 0 Å². The number of hydrogen-bond acceptors (Lipinski definition) is 7. The predicted molar refractivity (Wildman–Crippen MR) is 105 cm³/mol. The smallest absolute Gasteiger partial charge is 0.321 e. The zero-order valence-corrected chi connectivity index (χ0v) is 18.3. The van der Waals surface area contributed by atoms with Gasteiger partial charge in [0.1, 0.15) is 11.2 Å². The van der Waals surface area contributed by atoms with Crippen molar-refractivity contribution >= 4 is 11.9 Å². The molecular weight excluding hydrogens is 364 g/mol. The highest BCUT2D eigenvalue weighted by Gasteiger charge is 2.35. The van der Waals surface area contributed by atoms with Crippen LogP contribution in [0.1, 0.15) is 47.1 Å². The minimum absolute atomic E-state index is 0.0700. The Kier molecular flexibility index (Phi) is 7.73. The van der Waals surface area contributed by atoms with E-state index in [2.05, 4.69) is 0 Å². The molecule has 0 aliphatic carbocycles. The Labute approximate surface area is 167 Å². The van der Waals surface area contributed by atoms with E-state index in [0.717, 1.165) is 0 Å².